The van der Waals surface area contributed by atoms with Crippen molar-refractivity contribution in [1.29, 1.82) is 0 Å². The first-order valence-corrected chi connectivity index (χ1v) is 8.15. The smallest absolute Gasteiger partial charge is 0.0636 e. The molecule has 5 heteroatoms. The van der Waals surface area contributed by atoms with Crippen LogP contribution in [0.25, 0.3) is 0 Å². The van der Waals surface area contributed by atoms with Crippen LogP contribution in [-0.4, -0.2) is 6.54 Å². The molecule has 19 heavy (non-hydrogen) atoms. The summed E-state index contributed by atoms with van der Waals surface area (Å²) in [4.78, 5) is 0. The highest BCUT2D eigenvalue weighted by atomic mass is 79.9. The molecule has 0 aromatic heterocycles. The van der Waals surface area contributed by atoms with Crippen LogP contribution in [0.5, 0.6) is 0 Å². The van der Waals surface area contributed by atoms with E-state index < -0.39 is 0 Å². The van der Waals surface area contributed by atoms with Crippen molar-refractivity contribution in [3.63, 3.8) is 0 Å². The van der Waals surface area contributed by atoms with Crippen molar-refractivity contribution in [2.45, 2.75) is 6.04 Å². The van der Waals surface area contributed by atoms with Crippen LogP contribution in [0.3, 0.4) is 0 Å². The minimum absolute atomic E-state index is 0.0821. The van der Waals surface area contributed by atoms with Crippen LogP contribution in [0.2, 0.25) is 0 Å². The topological polar surface area (TPSA) is 38.0 Å². The average molecular weight is 449 g/mol. The fourth-order valence-corrected chi connectivity index (χ4v) is 2.83. The lowest BCUT2D eigenvalue weighted by Gasteiger charge is -2.19. The lowest BCUT2D eigenvalue weighted by molar-refractivity contribution is 0.789. The molecule has 1 atom stereocenters. The maximum Gasteiger partial charge on any atom is 0.0636 e. The molecule has 0 heterocycles. The van der Waals surface area contributed by atoms with E-state index in [0.717, 1.165) is 24.7 Å². The van der Waals surface area contributed by atoms with E-state index in [9.17, 15) is 0 Å². The van der Waals surface area contributed by atoms with Gasteiger partial charge in [0, 0.05) is 25.7 Å². The Morgan fingerprint density at radius 2 is 1.79 bits per heavy atom. The van der Waals surface area contributed by atoms with Gasteiger partial charge >= 0.3 is 0 Å². The lowest BCUT2D eigenvalue weighted by Crippen LogP contribution is -2.20. The summed E-state index contributed by atoms with van der Waals surface area (Å²) in [6, 6.07) is 14.3. The second-order valence-corrected chi connectivity index (χ2v) is 6.74. The second-order valence-electron chi connectivity index (χ2n) is 4.12. The van der Waals surface area contributed by atoms with Gasteiger partial charge in [-0.15, -0.1) is 0 Å². The van der Waals surface area contributed by atoms with Gasteiger partial charge in [0.25, 0.3) is 0 Å². The highest BCUT2D eigenvalue weighted by molar-refractivity contribution is 9.13. The van der Waals surface area contributed by atoms with Crippen LogP contribution in [-0.2, 0) is 0 Å². The fourth-order valence-electron chi connectivity index (χ4n) is 1.79. The van der Waals surface area contributed by atoms with Gasteiger partial charge in [0.1, 0.15) is 0 Å². The van der Waals surface area contributed by atoms with Gasteiger partial charge in [-0.25, -0.2) is 0 Å². The summed E-state index contributed by atoms with van der Waals surface area (Å²) in [6.07, 6.45) is 0. The van der Waals surface area contributed by atoms with Crippen molar-refractivity contribution in [2.24, 2.45) is 5.73 Å². The molecule has 0 saturated heterocycles. The highest BCUT2D eigenvalue weighted by Gasteiger charge is 2.11. The Morgan fingerprint density at radius 3 is 2.42 bits per heavy atom. The molecule has 0 bridgehead atoms. The Kier molecular flexibility index (Phi) is 5.45. The van der Waals surface area contributed by atoms with Crippen molar-refractivity contribution in [2.75, 3.05) is 11.9 Å². The summed E-state index contributed by atoms with van der Waals surface area (Å²) in [5.74, 6) is 0. The van der Waals surface area contributed by atoms with Gasteiger partial charge < -0.3 is 11.1 Å². The molecule has 0 spiro atoms. The predicted octanol–water partition coefficient (Wildman–Crippen LogP) is 5.09. The molecule has 2 rings (SSSR count). The Labute approximate surface area is 138 Å². The molecule has 0 aliphatic heterocycles. The van der Waals surface area contributed by atoms with Gasteiger partial charge in [-0.2, -0.15) is 0 Å². The Balaban J connectivity index is 2.22. The zero-order valence-electron chi connectivity index (χ0n) is 10.0. The van der Waals surface area contributed by atoms with Gasteiger partial charge in [0.15, 0.2) is 0 Å². The van der Waals surface area contributed by atoms with Crippen LogP contribution >= 0.6 is 47.8 Å². The number of benzene rings is 2. The third-order valence-corrected chi connectivity index (χ3v) is 5.12. The molecule has 2 aromatic carbocycles. The second kappa shape index (κ2) is 6.88. The van der Waals surface area contributed by atoms with E-state index in [2.05, 4.69) is 65.2 Å². The molecule has 0 radical (unpaired) electrons. The number of hydrogen-bond acceptors (Lipinski definition) is 2. The normalized spacial score (nSPS) is 12.2. The number of rotatable bonds is 4. The van der Waals surface area contributed by atoms with E-state index in [1.54, 1.807) is 0 Å². The molecular weight excluding hydrogens is 436 g/mol. The average Bonchev–Trinajstić information content (AvgIpc) is 2.39. The van der Waals surface area contributed by atoms with Gasteiger partial charge in [0.05, 0.1) is 6.04 Å². The van der Waals surface area contributed by atoms with Gasteiger partial charge in [-0.05, 0) is 67.8 Å². The predicted molar refractivity (Wildman–Crippen MR) is 91.4 cm³/mol. The van der Waals surface area contributed by atoms with Crippen LogP contribution < -0.4 is 11.1 Å². The summed E-state index contributed by atoms with van der Waals surface area (Å²) in [5.41, 5.74) is 8.07. The third-order valence-electron chi connectivity index (χ3n) is 2.75. The molecule has 100 valence electrons. The molecule has 0 saturated carbocycles. The molecule has 1 unspecified atom stereocenters. The van der Waals surface area contributed by atoms with E-state index >= 15 is 0 Å². The van der Waals surface area contributed by atoms with Crippen LogP contribution in [0.15, 0.2) is 55.9 Å². The monoisotopic (exact) mass is 446 g/mol. The summed E-state index contributed by atoms with van der Waals surface area (Å²) < 4.78 is 3.11. The molecular formula is C14H13Br3N2. The minimum atomic E-state index is 0.0821. The first kappa shape index (κ1) is 15.0. The Hall–Kier alpha value is -0.360. The number of halogens is 3. The van der Waals surface area contributed by atoms with Gasteiger partial charge in [-0.3, -0.25) is 0 Å². The largest absolute Gasteiger partial charge is 0.377 e. The highest BCUT2D eigenvalue weighted by Crippen LogP contribution is 2.28. The molecule has 2 nitrogen and oxygen atoms in total. The number of nitrogens with one attached hydrogen (secondary N) is 1. The fraction of sp³-hybridized carbons (Fsp3) is 0.143. The number of hydrogen-bond donors (Lipinski definition) is 2. The minimum Gasteiger partial charge on any atom is -0.377 e. The zero-order valence-corrected chi connectivity index (χ0v) is 14.8. The van der Waals surface area contributed by atoms with Crippen molar-refractivity contribution in [3.05, 3.63) is 61.4 Å². The maximum atomic E-state index is 5.88. The molecule has 3 N–H and O–H groups in total. The standard InChI is InChI=1S/C14H13Br3N2/c15-10-2-1-3-11(7-10)19-14(8-18)9-4-5-12(16)13(17)6-9/h1-7,14,19H,8,18H2. The zero-order chi connectivity index (χ0) is 13.8. The van der Waals surface area contributed by atoms with Crippen LogP contribution in [0.1, 0.15) is 11.6 Å². The molecule has 0 aliphatic rings. The van der Waals surface area contributed by atoms with Gasteiger partial charge in [-0.1, -0.05) is 28.1 Å². The molecule has 2 aromatic rings. The Bertz CT molecular complexity index is 572. The van der Waals surface area contributed by atoms with Crippen molar-refractivity contribution in [1.82, 2.24) is 0 Å². The van der Waals surface area contributed by atoms with E-state index in [1.165, 1.54) is 0 Å². The SMILES string of the molecule is NCC(Nc1cccc(Br)c1)c1ccc(Br)c(Br)c1. The maximum absolute atomic E-state index is 5.88. The summed E-state index contributed by atoms with van der Waals surface area (Å²) in [6.45, 7) is 0.528. The molecule has 0 fully saturated rings. The summed E-state index contributed by atoms with van der Waals surface area (Å²) >= 11 is 10.5. The Morgan fingerprint density at radius 1 is 1.00 bits per heavy atom. The van der Waals surface area contributed by atoms with Crippen molar-refractivity contribution in [3.8, 4) is 0 Å². The van der Waals surface area contributed by atoms with E-state index in [4.69, 9.17) is 5.73 Å². The lowest BCUT2D eigenvalue weighted by atomic mass is 10.1. The van der Waals surface area contributed by atoms with E-state index in [0.29, 0.717) is 6.54 Å². The number of anilines is 1. The third kappa shape index (κ3) is 4.05. The van der Waals surface area contributed by atoms with Crippen LogP contribution in [0.4, 0.5) is 5.69 Å². The number of nitrogens with two attached hydrogens (primary N) is 1. The van der Waals surface area contributed by atoms with Crippen molar-refractivity contribution < 1.29 is 0 Å². The summed E-state index contributed by atoms with van der Waals surface area (Å²) in [5, 5.41) is 3.44. The first-order chi connectivity index (χ1) is 9.10. The van der Waals surface area contributed by atoms with Gasteiger partial charge in [0.2, 0.25) is 0 Å². The van der Waals surface area contributed by atoms with E-state index in [-0.39, 0.29) is 6.04 Å². The molecule has 0 aliphatic carbocycles. The van der Waals surface area contributed by atoms with Crippen LogP contribution in [0, 0.1) is 0 Å². The van der Waals surface area contributed by atoms with Crippen molar-refractivity contribution >= 4 is 53.5 Å². The van der Waals surface area contributed by atoms with E-state index in [1.807, 2.05) is 30.3 Å². The summed E-state index contributed by atoms with van der Waals surface area (Å²) in [7, 11) is 0. The first-order valence-electron chi connectivity index (χ1n) is 5.77. The molecule has 0 amide bonds. The quantitative estimate of drug-likeness (QED) is 0.684.